The molecular formula is C19H12Cl2N2O2S. The molecule has 4 nitrogen and oxygen atoms in total. The van der Waals surface area contributed by atoms with Gasteiger partial charge in [-0.1, -0.05) is 52.6 Å². The van der Waals surface area contributed by atoms with Crippen molar-refractivity contribution in [3.63, 3.8) is 0 Å². The van der Waals surface area contributed by atoms with Crippen LogP contribution in [0.5, 0.6) is 5.75 Å². The minimum Gasteiger partial charge on any atom is -0.486 e. The van der Waals surface area contributed by atoms with Gasteiger partial charge in [0.25, 0.3) is 0 Å². The normalized spacial score (nSPS) is 10.8. The smallest absolute Gasteiger partial charge is 0.186 e. The fourth-order valence-electron chi connectivity index (χ4n) is 2.34. The molecule has 4 rings (SSSR count). The maximum atomic E-state index is 6.06. The van der Waals surface area contributed by atoms with Crippen LogP contribution in [0.2, 0.25) is 10.0 Å². The Balaban J connectivity index is 1.49. The molecule has 0 aliphatic rings. The largest absolute Gasteiger partial charge is 0.486 e. The number of rotatable bonds is 5. The van der Waals surface area contributed by atoms with Crippen molar-refractivity contribution in [2.45, 2.75) is 6.61 Å². The Morgan fingerprint density at radius 1 is 0.962 bits per heavy atom. The number of hydrogen-bond acceptors (Lipinski definition) is 5. The number of para-hydroxylation sites is 1. The van der Waals surface area contributed by atoms with Crippen molar-refractivity contribution in [1.82, 2.24) is 10.1 Å². The molecule has 0 aliphatic carbocycles. The lowest BCUT2D eigenvalue weighted by Gasteiger charge is -2.02. The summed E-state index contributed by atoms with van der Waals surface area (Å²) in [5.41, 5.74) is 2.23. The number of aromatic nitrogens is 2. The Kier molecular flexibility index (Phi) is 4.93. The first kappa shape index (κ1) is 17.1. The van der Waals surface area contributed by atoms with Gasteiger partial charge < -0.3 is 9.26 Å². The lowest BCUT2D eigenvalue weighted by atomic mass is 10.1. The Morgan fingerprint density at radius 3 is 2.62 bits per heavy atom. The Labute approximate surface area is 164 Å². The number of benzene rings is 2. The molecule has 2 aromatic heterocycles. The highest BCUT2D eigenvalue weighted by atomic mass is 35.5. The van der Waals surface area contributed by atoms with Gasteiger partial charge in [-0.2, -0.15) is 0 Å². The Morgan fingerprint density at radius 2 is 1.81 bits per heavy atom. The maximum absolute atomic E-state index is 6.06. The molecule has 130 valence electrons. The summed E-state index contributed by atoms with van der Waals surface area (Å²) in [7, 11) is 0. The molecule has 26 heavy (non-hydrogen) atoms. The number of halogens is 2. The molecule has 0 fully saturated rings. The molecule has 0 radical (unpaired) electrons. The molecule has 2 aromatic carbocycles. The van der Waals surface area contributed by atoms with Gasteiger partial charge in [-0.05, 0) is 24.3 Å². The fraction of sp³-hybridized carbons (Fsp3) is 0.0526. The van der Waals surface area contributed by atoms with E-state index in [-0.39, 0.29) is 0 Å². The standard InChI is InChI=1S/C19H12Cl2N2O2S/c20-14-7-6-12(8-15(14)21)16-9-18(25-23-16)17-11-26-19(22-17)10-24-13-4-2-1-3-5-13/h1-9,11H,10H2. The highest BCUT2D eigenvalue weighted by Gasteiger charge is 2.13. The molecule has 0 spiro atoms. The summed E-state index contributed by atoms with van der Waals surface area (Å²) >= 11 is 13.5. The van der Waals surface area contributed by atoms with Gasteiger partial charge in [0.2, 0.25) is 0 Å². The zero-order valence-electron chi connectivity index (χ0n) is 13.4. The van der Waals surface area contributed by atoms with E-state index < -0.39 is 0 Å². The van der Waals surface area contributed by atoms with Gasteiger partial charge in [-0.15, -0.1) is 11.3 Å². The van der Waals surface area contributed by atoms with E-state index >= 15 is 0 Å². The van der Waals surface area contributed by atoms with Crippen molar-refractivity contribution in [2.24, 2.45) is 0 Å². The topological polar surface area (TPSA) is 48.2 Å². The summed E-state index contributed by atoms with van der Waals surface area (Å²) in [6, 6.07) is 16.8. The molecule has 0 aliphatic heterocycles. The minimum absolute atomic E-state index is 0.405. The monoisotopic (exact) mass is 402 g/mol. The Bertz CT molecular complexity index is 1030. The lowest BCUT2D eigenvalue weighted by molar-refractivity contribution is 0.305. The van der Waals surface area contributed by atoms with Crippen molar-refractivity contribution in [3.05, 3.63) is 75.0 Å². The van der Waals surface area contributed by atoms with Gasteiger partial charge in [-0.25, -0.2) is 4.98 Å². The molecule has 0 N–H and O–H groups in total. The van der Waals surface area contributed by atoms with E-state index in [4.69, 9.17) is 32.5 Å². The van der Waals surface area contributed by atoms with Crippen LogP contribution in [0, 0.1) is 0 Å². The third-order valence-electron chi connectivity index (χ3n) is 3.64. The second kappa shape index (κ2) is 7.50. The van der Waals surface area contributed by atoms with Crippen molar-refractivity contribution < 1.29 is 9.26 Å². The van der Waals surface area contributed by atoms with Gasteiger partial charge in [-0.3, -0.25) is 0 Å². The van der Waals surface area contributed by atoms with Crippen LogP contribution < -0.4 is 4.74 Å². The molecule has 0 atom stereocenters. The number of ether oxygens (including phenoxy) is 1. The van der Waals surface area contributed by atoms with E-state index in [2.05, 4.69) is 10.1 Å². The summed E-state index contributed by atoms with van der Waals surface area (Å²) in [6.07, 6.45) is 0. The SMILES string of the molecule is Clc1ccc(-c2cc(-c3csc(COc4ccccc4)n3)on2)cc1Cl. The van der Waals surface area contributed by atoms with Crippen molar-refractivity contribution in [3.8, 4) is 28.5 Å². The summed E-state index contributed by atoms with van der Waals surface area (Å²) < 4.78 is 11.1. The van der Waals surface area contributed by atoms with Gasteiger partial charge >= 0.3 is 0 Å². The van der Waals surface area contributed by atoms with Crippen LogP contribution in [0.15, 0.2) is 64.5 Å². The average molecular weight is 403 g/mol. The first-order valence-corrected chi connectivity index (χ1v) is 9.37. The second-order valence-corrected chi connectivity index (χ2v) is 7.19. The second-order valence-electron chi connectivity index (χ2n) is 5.43. The van der Waals surface area contributed by atoms with Gasteiger partial charge in [0.1, 0.15) is 28.8 Å². The molecule has 0 unspecified atom stereocenters. The van der Waals surface area contributed by atoms with Crippen LogP contribution in [0.1, 0.15) is 5.01 Å². The Hall–Kier alpha value is -2.34. The number of nitrogens with zero attached hydrogens (tertiary/aromatic N) is 2. The van der Waals surface area contributed by atoms with E-state index in [1.807, 2.05) is 47.8 Å². The van der Waals surface area contributed by atoms with Gasteiger partial charge in [0, 0.05) is 17.0 Å². The van der Waals surface area contributed by atoms with Crippen LogP contribution >= 0.6 is 34.5 Å². The third kappa shape index (κ3) is 3.75. The van der Waals surface area contributed by atoms with E-state index in [1.165, 1.54) is 11.3 Å². The fourth-order valence-corrected chi connectivity index (χ4v) is 3.33. The molecule has 2 heterocycles. The van der Waals surface area contributed by atoms with Crippen LogP contribution in [-0.2, 0) is 6.61 Å². The molecule has 4 aromatic rings. The lowest BCUT2D eigenvalue weighted by Crippen LogP contribution is -1.94. The molecule has 0 saturated carbocycles. The van der Waals surface area contributed by atoms with Gasteiger partial charge in [0.05, 0.1) is 10.0 Å². The first-order chi connectivity index (χ1) is 12.7. The summed E-state index contributed by atoms with van der Waals surface area (Å²) in [4.78, 5) is 4.55. The molecule has 0 saturated heterocycles. The minimum atomic E-state index is 0.405. The molecule has 7 heteroatoms. The van der Waals surface area contributed by atoms with Gasteiger partial charge in [0.15, 0.2) is 5.76 Å². The predicted octanol–water partition coefficient (Wildman–Crippen LogP) is 6.35. The van der Waals surface area contributed by atoms with Crippen LogP contribution in [0.25, 0.3) is 22.7 Å². The number of hydrogen-bond donors (Lipinski definition) is 0. The zero-order valence-corrected chi connectivity index (χ0v) is 15.7. The number of thiazole rings is 1. The predicted molar refractivity (Wildman–Crippen MR) is 104 cm³/mol. The highest BCUT2D eigenvalue weighted by Crippen LogP contribution is 2.31. The van der Waals surface area contributed by atoms with Crippen molar-refractivity contribution in [2.75, 3.05) is 0 Å². The van der Waals surface area contributed by atoms with E-state index in [9.17, 15) is 0 Å². The molecule has 0 bridgehead atoms. The van der Waals surface area contributed by atoms with Crippen LogP contribution in [-0.4, -0.2) is 10.1 Å². The van der Waals surface area contributed by atoms with Crippen LogP contribution in [0.4, 0.5) is 0 Å². The van der Waals surface area contributed by atoms with Crippen molar-refractivity contribution >= 4 is 34.5 Å². The zero-order chi connectivity index (χ0) is 17.9. The third-order valence-corrected chi connectivity index (χ3v) is 5.20. The van der Waals surface area contributed by atoms with Crippen LogP contribution in [0.3, 0.4) is 0 Å². The van der Waals surface area contributed by atoms with E-state index in [1.54, 1.807) is 12.1 Å². The van der Waals surface area contributed by atoms with E-state index in [0.717, 1.165) is 22.0 Å². The summed E-state index contributed by atoms with van der Waals surface area (Å²) in [5.74, 6) is 1.40. The quantitative estimate of drug-likeness (QED) is 0.390. The molecule has 0 amide bonds. The summed E-state index contributed by atoms with van der Waals surface area (Å²) in [5, 5.41) is 7.85. The van der Waals surface area contributed by atoms with Crippen molar-refractivity contribution in [1.29, 1.82) is 0 Å². The maximum Gasteiger partial charge on any atom is 0.186 e. The van der Waals surface area contributed by atoms with E-state index in [0.29, 0.717) is 28.1 Å². The summed E-state index contributed by atoms with van der Waals surface area (Å²) in [6.45, 7) is 0.405. The highest BCUT2D eigenvalue weighted by molar-refractivity contribution is 7.09. The molecular weight excluding hydrogens is 391 g/mol. The first-order valence-electron chi connectivity index (χ1n) is 7.74. The average Bonchev–Trinajstić information content (AvgIpc) is 3.32.